The molecule has 0 saturated heterocycles. The van der Waals surface area contributed by atoms with Crippen LogP contribution >= 0.6 is 11.6 Å². The van der Waals surface area contributed by atoms with Crippen molar-refractivity contribution >= 4 is 23.7 Å². The smallest absolute Gasteiger partial charge is 0.271 e. The van der Waals surface area contributed by atoms with E-state index in [1.807, 2.05) is 48.5 Å². The summed E-state index contributed by atoms with van der Waals surface area (Å²) in [5, 5.41) is 4.57. The summed E-state index contributed by atoms with van der Waals surface area (Å²) >= 11 is 5.85. The van der Waals surface area contributed by atoms with Gasteiger partial charge in [0, 0.05) is 10.6 Å². The van der Waals surface area contributed by atoms with Gasteiger partial charge in [-0.3, -0.25) is 4.79 Å². The van der Waals surface area contributed by atoms with E-state index < -0.39 is 11.7 Å². The van der Waals surface area contributed by atoms with Gasteiger partial charge in [-0.25, -0.2) is 9.82 Å². The molecule has 0 aliphatic carbocycles. The van der Waals surface area contributed by atoms with Gasteiger partial charge < -0.3 is 4.74 Å². The van der Waals surface area contributed by atoms with Crippen LogP contribution in [0.5, 0.6) is 5.75 Å². The lowest BCUT2D eigenvalue weighted by Crippen LogP contribution is -2.17. The molecular formula is C21H16ClFN2O2. The first-order valence-electron chi connectivity index (χ1n) is 8.16. The monoisotopic (exact) mass is 382 g/mol. The maximum Gasteiger partial charge on any atom is 0.271 e. The van der Waals surface area contributed by atoms with Crippen LogP contribution in [0.15, 0.2) is 77.9 Å². The highest BCUT2D eigenvalue weighted by atomic mass is 35.5. The minimum atomic E-state index is -0.478. The average molecular weight is 383 g/mol. The predicted octanol–water partition coefficient (Wildman–Crippen LogP) is 4.82. The molecule has 3 rings (SSSR count). The van der Waals surface area contributed by atoms with E-state index in [4.69, 9.17) is 16.3 Å². The zero-order chi connectivity index (χ0) is 19.1. The van der Waals surface area contributed by atoms with Gasteiger partial charge in [-0.15, -0.1) is 0 Å². The maximum atomic E-state index is 13.1. The summed E-state index contributed by atoms with van der Waals surface area (Å²) < 4.78 is 18.8. The van der Waals surface area contributed by atoms with Crippen LogP contribution in [0.2, 0.25) is 5.02 Å². The van der Waals surface area contributed by atoms with Gasteiger partial charge in [0.15, 0.2) is 0 Å². The Bertz CT molecular complexity index is 941. The normalized spacial score (nSPS) is 10.7. The first-order valence-corrected chi connectivity index (χ1v) is 8.54. The first kappa shape index (κ1) is 18.6. The second-order valence-electron chi connectivity index (χ2n) is 5.69. The van der Waals surface area contributed by atoms with E-state index in [0.29, 0.717) is 17.4 Å². The maximum absolute atomic E-state index is 13.1. The molecule has 3 aromatic rings. The molecule has 0 radical (unpaired) electrons. The lowest BCUT2D eigenvalue weighted by molar-refractivity contribution is 0.0954. The first-order chi connectivity index (χ1) is 13.1. The fourth-order valence-electron chi connectivity index (χ4n) is 2.26. The Labute approximate surface area is 161 Å². The van der Waals surface area contributed by atoms with Crippen molar-refractivity contribution in [3.8, 4) is 5.75 Å². The number of carbonyl (C=O) groups excluding carboxylic acids is 1. The van der Waals surface area contributed by atoms with Gasteiger partial charge in [0.25, 0.3) is 5.91 Å². The fraction of sp³-hybridized carbons (Fsp3) is 0.0476. The number of hydrazone groups is 1. The molecular weight excluding hydrogens is 367 g/mol. The van der Waals surface area contributed by atoms with Crippen LogP contribution in [0.25, 0.3) is 0 Å². The van der Waals surface area contributed by atoms with Crippen molar-refractivity contribution in [2.75, 3.05) is 0 Å². The summed E-state index contributed by atoms with van der Waals surface area (Å²) in [5.41, 5.74) is 4.37. The van der Waals surface area contributed by atoms with Crippen LogP contribution < -0.4 is 10.2 Å². The number of carbonyl (C=O) groups is 1. The van der Waals surface area contributed by atoms with Crippen LogP contribution in [-0.2, 0) is 6.61 Å². The number of nitrogens with zero attached hydrogens (tertiary/aromatic N) is 1. The van der Waals surface area contributed by atoms with E-state index in [1.165, 1.54) is 24.4 Å². The largest absolute Gasteiger partial charge is 0.489 e. The molecule has 4 nitrogen and oxygen atoms in total. The topological polar surface area (TPSA) is 50.7 Å². The molecule has 1 N–H and O–H groups in total. The molecule has 6 heteroatoms. The van der Waals surface area contributed by atoms with Crippen molar-refractivity contribution in [2.45, 2.75) is 6.61 Å². The van der Waals surface area contributed by atoms with Crippen molar-refractivity contribution < 1.29 is 13.9 Å². The minimum Gasteiger partial charge on any atom is -0.489 e. The zero-order valence-corrected chi connectivity index (χ0v) is 15.0. The zero-order valence-electron chi connectivity index (χ0n) is 14.2. The Hall–Kier alpha value is -3.18. The summed E-state index contributed by atoms with van der Waals surface area (Å²) in [6.45, 7) is 0.439. The second kappa shape index (κ2) is 8.96. The van der Waals surface area contributed by atoms with Gasteiger partial charge in [-0.1, -0.05) is 29.8 Å². The Morgan fingerprint density at radius 1 is 1.07 bits per heavy atom. The van der Waals surface area contributed by atoms with Gasteiger partial charge in [-0.2, -0.15) is 5.10 Å². The molecule has 1 amide bonds. The third-order valence-electron chi connectivity index (χ3n) is 3.67. The SMILES string of the molecule is O=C(N/N=C/c1ccc(OCc2ccc(Cl)cc2)cc1)c1cccc(F)c1. The summed E-state index contributed by atoms with van der Waals surface area (Å²) in [5.74, 6) is -0.236. The highest BCUT2D eigenvalue weighted by Crippen LogP contribution is 2.15. The lowest BCUT2D eigenvalue weighted by atomic mass is 10.2. The van der Waals surface area contributed by atoms with Crippen molar-refractivity contribution in [1.82, 2.24) is 5.43 Å². The van der Waals surface area contributed by atoms with E-state index in [2.05, 4.69) is 10.5 Å². The minimum absolute atomic E-state index is 0.207. The van der Waals surface area contributed by atoms with Crippen molar-refractivity contribution in [2.24, 2.45) is 5.10 Å². The third-order valence-corrected chi connectivity index (χ3v) is 3.92. The number of nitrogens with one attached hydrogen (secondary N) is 1. The molecule has 0 saturated carbocycles. The molecule has 0 aliphatic rings. The predicted molar refractivity (Wildman–Crippen MR) is 104 cm³/mol. The summed E-state index contributed by atoms with van der Waals surface area (Å²) in [6.07, 6.45) is 1.50. The van der Waals surface area contributed by atoms with Crippen molar-refractivity contribution in [3.63, 3.8) is 0 Å². The molecule has 0 unspecified atom stereocenters. The number of hydrogen-bond acceptors (Lipinski definition) is 3. The standard InChI is InChI=1S/C21H16ClFN2O2/c22-18-8-4-16(5-9-18)14-27-20-10-6-15(7-11-20)13-24-25-21(26)17-2-1-3-19(23)12-17/h1-13H,14H2,(H,25,26)/b24-13+. The third kappa shape index (κ3) is 5.66. The quantitative estimate of drug-likeness (QED) is 0.490. The van der Waals surface area contributed by atoms with Crippen molar-refractivity contribution in [1.29, 1.82) is 0 Å². The average Bonchev–Trinajstić information content (AvgIpc) is 2.68. The molecule has 0 bridgehead atoms. The van der Waals surface area contributed by atoms with Crippen LogP contribution in [0.1, 0.15) is 21.5 Å². The molecule has 0 spiro atoms. The number of hydrogen-bond donors (Lipinski definition) is 1. The molecule has 0 fully saturated rings. The fourth-order valence-corrected chi connectivity index (χ4v) is 2.38. The van der Waals surface area contributed by atoms with E-state index in [1.54, 1.807) is 0 Å². The summed E-state index contributed by atoms with van der Waals surface area (Å²) in [7, 11) is 0. The van der Waals surface area contributed by atoms with Gasteiger partial charge in [-0.05, 0) is 65.7 Å². The van der Waals surface area contributed by atoms with Crippen LogP contribution in [0.4, 0.5) is 4.39 Å². The molecule has 0 aliphatic heterocycles. The molecule has 0 heterocycles. The number of amides is 1. The molecule has 0 atom stereocenters. The Balaban J connectivity index is 1.51. The number of rotatable bonds is 6. The van der Waals surface area contributed by atoms with Gasteiger partial charge in [0.05, 0.1) is 6.21 Å². The molecule has 3 aromatic carbocycles. The van der Waals surface area contributed by atoms with E-state index >= 15 is 0 Å². The van der Waals surface area contributed by atoms with Crippen LogP contribution in [0, 0.1) is 5.82 Å². The molecule has 136 valence electrons. The van der Waals surface area contributed by atoms with Crippen LogP contribution in [0.3, 0.4) is 0 Å². The lowest BCUT2D eigenvalue weighted by Gasteiger charge is -2.06. The number of ether oxygens (including phenoxy) is 1. The summed E-state index contributed by atoms with van der Waals surface area (Å²) in [4.78, 5) is 11.9. The Kier molecular flexibility index (Phi) is 6.18. The van der Waals surface area contributed by atoms with E-state index in [9.17, 15) is 9.18 Å². The van der Waals surface area contributed by atoms with Gasteiger partial charge >= 0.3 is 0 Å². The Morgan fingerprint density at radius 3 is 2.52 bits per heavy atom. The molecule has 0 aromatic heterocycles. The van der Waals surface area contributed by atoms with Crippen LogP contribution in [-0.4, -0.2) is 12.1 Å². The highest BCUT2D eigenvalue weighted by molar-refractivity contribution is 6.30. The second-order valence-corrected chi connectivity index (χ2v) is 6.13. The van der Waals surface area contributed by atoms with Gasteiger partial charge in [0.1, 0.15) is 18.2 Å². The van der Waals surface area contributed by atoms with E-state index in [0.717, 1.165) is 17.2 Å². The van der Waals surface area contributed by atoms with Gasteiger partial charge in [0.2, 0.25) is 0 Å². The number of halogens is 2. The van der Waals surface area contributed by atoms with E-state index in [-0.39, 0.29) is 5.56 Å². The number of benzene rings is 3. The highest BCUT2D eigenvalue weighted by Gasteiger charge is 2.04. The summed E-state index contributed by atoms with van der Waals surface area (Å²) in [6, 6.07) is 20.1. The van der Waals surface area contributed by atoms with Crippen molar-refractivity contribution in [3.05, 3.63) is 100 Å². The Morgan fingerprint density at radius 2 is 1.81 bits per heavy atom. The molecule has 27 heavy (non-hydrogen) atoms.